The predicted molar refractivity (Wildman–Crippen MR) is 58.3 cm³/mol. The van der Waals surface area contributed by atoms with Gasteiger partial charge in [0.15, 0.2) is 0 Å². The van der Waals surface area contributed by atoms with Gasteiger partial charge >= 0.3 is 5.97 Å². The summed E-state index contributed by atoms with van der Waals surface area (Å²) in [6, 6.07) is 0. The molecule has 0 aromatic carbocycles. The summed E-state index contributed by atoms with van der Waals surface area (Å²) in [7, 11) is 0. The highest BCUT2D eigenvalue weighted by Crippen LogP contribution is 2.11. The normalized spacial score (nSPS) is 19.2. The molecular formula is C11H19NO4. The maximum Gasteiger partial charge on any atom is 0.306 e. The molecule has 1 fully saturated rings. The van der Waals surface area contributed by atoms with E-state index in [1.165, 1.54) is 0 Å². The zero-order chi connectivity index (χ0) is 11.8. The Labute approximate surface area is 95.4 Å². The summed E-state index contributed by atoms with van der Waals surface area (Å²) in [4.78, 5) is 23.3. The number of rotatable bonds is 7. The third kappa shape index (κ3) is 4.72. The molecule has 0 spiro atoms. The van der Waals surface area contributed by atoms with Crippen molar-refractivity contribution in [3.63, 3.8) is 0 Å². The highest BCUT2D eigenvalue weighted by Gasteiger charge is 2.17. The van der Waals surface area contributed by atoms with Crippen molar-refractivity contribution in [1.29, 1.82) is 0 Å². The number of hydrogen-bond donors (Lipinski definition) is 1. The number of morpholine rings is 1. The van der Waals surface area contributed by atoms with Crippen LogP contribution in [0.2, 0.25) is 0 Å². The molecule has 1 aliphatic rings. The van der Waals surface area contributed by atoms with Crippen molar-refractivity contribution in [2.45, 2.75) is 19.3 Å². The minimum absolute atomic E-state index is 0.123. The van der Waals surface area contributed by atoms with Crippen molar-refractivity contribution in [2.24, 2.45) is 5.92 Å². The van der Waals surface area contributed by atoms with Gasteiger partial charge in [-0.05, 0) is 19.4 Å². The number of carboxylic acids is 1. The van der Waals surface area contributed by atoms with E-state index in [-0.39, 0.29) is 6.42 Å². The van der Waals surface area contributed by atoms with E-state index in [9.17, 15) is 9.59 Å². The fourth-order valence-corrected chi connectivity index (χ4v) is 1.84. The topological polar surface area (TPSA) is 66.8 Å². The Morgan fingerprint density at radius 1 is 1.44 bits per heavy atom. The van der Waals surface area contributed by atoms with E-state index in [1.807, 2.05) is 0 Å². The number of hydrogen-bond acceptors (Lipinski definition) is 4. The van der Waals surface area contributed by atoms with Crippen molar-refractivity contribution in [3.05, 3.63) is 0 Å². The third-order valence-electron chi connectivity index (χ3n) is 2.86. The van der Waals surface area contributed by atoms with Crippen LogP contribution < -0.4 is 0 Å². The van der Waals surface area contributed by atoms with Gasteiger partial charge in [-0.25, -0.2) is 0 Å². The van der Waals surface area contributed by atoms with Crippen LogP contribution in [0.25, 0.3) is 0 Å². The van der Waals surface area contributed by atoms with Gasteiger partial charge in [-0.2, -0.15) is 0 Å². The van der Waals surface area contributed by atoms with Crippen LogP contribution in [0.15, 0.2) is 0 Å². The number of aliphatic carboxylic acids is 1. The zero-order valence-electron chi connectivity index (χ0n) is 9.43. The van der Waals surface area contributed by atoms with Gasteiger partial charge in [0.05, 0.1) is 19.1 Å². The Kier molecular flexibility index (Phi) is 6.03. The van der Waals surface area contributed by atoms with Crippen molar-refractivity contribution in [3.8, 4) is 0 Å². The lowest BCUT2D eigenvalue weighted by Crippen LogP contribution is -2.37. The van der Waals surface area contributed by atoms with Crippen molar-refractivity contribution >= 4 is 12.3 Å². The molecule has 1 N–H and O–H groups in total. The van der Waals surface area contributed by atoms with E-state index < -0.39 is 11.9 Å². The smallest absolute Gasteiger partial charge is 0.306 e. The summed E-state index contributed by atoms with van der Waals surface area (Å²) in [6.45, 7) is 4.26. The van der Waals surface area contributed by atoms with Crippen LogP contribution in [-0.4, -0.2) is 55.1 Å². The molecule has 16 heavy (non-hydrogen) atoms. The highest BCUT2D eigenvalue weighted by molar-refractivity contribution is 5.73. The summed E-state index contributed by atoms with van der Waals surface area (Å²) < 4.78 is 5.22. The van der Waals surface area contributed by atoms with Crippen LogP contribution in [0.4, 0.5) is 0 Å². The number of ether oxygens (including phenoxy) is 1. The molecule has 5 heteroatoms. The molecule has 1 aliphatic heterocycles. The fraction of sp³-hybridized carbons (Fsp3) is 0.818. The molecule has 1 atom stereocenters. The van der Waals surface area contributed by atoms with E-state index in [4.69, 9.17) is 9.84 Å². The Bertz CT molecular complexity index is 226. The number of carboxylic acid groups (broad SMARTS) is 1. The standard InChI is InChI=1S/C11H19NO4/c13-7-3-10(11(14)15)2-1-4-12-5-8-16-9-6-12/h7,10H,1-6,8-9H2,(H,14,15)/t10-/m1/s1. The monoisotopic (exact) mass is 229 g/mol. The molecule has 5 nitrogen and oxygen atoms in total. The lowest BCUT2D eigenvalue weighted by Gasteiger charge is -2.26. The second kappa shape index (κ2) is 7.35. The molecule has 92 valence electrons. The first-order valence-electron chi connectivity index (χ1n) is 5.70. The van der Waals surface area contributed by atoms with E-state index in [0.717, 1.165) is 39.3 Å². The van der Waals surface area contributed by atoms with Gasteiger partial charge in [-0.15, -0.1) is 0 Å². The van der Waals surface area contributed by atoms with Gasteiger partial charge in [0, 0.05) is 19.5 Å². The van der Waals surface area contributed by atoms with Crippen LogP contribution in [0.3, 0.4) is 0 Å². The summed E-state index contributed by atoms with van der Waals surface area (Å²) in [5.74, 6) is -1.38. The molecule has 0 aromatic heterocycles. The molecule has 1 saturated heterocycles. The fourth-order valence-electron chi connectivity index (χ4n) is 1.84. The van der Waals surface area contributed by atoms with Gasteiger partial charge in [0.1, 0.15) is 6.29 Å². The highest BCUT2D eigenvalue weighted by atomic mass is 16.5. The largest absolute Gasteiger partial charge is 0.481 e. The quantitative estimate of drug-likeness (QED) is 0.640. The molecule has 0 aliphatic carbocycles. The summed E-state index contributed by atoms with van der Waals surface area (Å²) in [6.07, 6.45) is 2.21. The first-order valence-corrected chi connectivity index (χ1v) is 5.70. The maximum absolute atomic E-state index is 10.8. The molecule has 0 bridgehead atoms. The molecule has 0 radical (unpaired) electrons. The molecule has 1 heterocycles. The van der Waals surface area contributed by atoms with Crippen LogP contribution in [0.1, 0.15) is 19.3 Å². The first-order chi connectivity index (χ1) is 7.74. The average molecular weight is 229 g/mol. The van der Waals surface area contributed by atoms with Gasteiger partial charge in [-0.3, -0.25) is 9.69 Å². The summed E-state index contributed by atoms with van der Waals surface area (Å²) >= 11 is 0. The molecule has 0 aromatic rings. The Hall–Kier alpha value is -0.940. The molecular weight excluding hydrogens is 210 g/mol. The lowest BCUT2D eigenvalue weighted by atomic mass is 10.0. The number of aldehydes is 1. The molecule has 0 saturated carbocycles. The van der Waals surface area contributed by atoms with Gasteiger partial charge in [-0.1, -0.05) is 0 Å². The van der Waals surface area contributed by atoms with Crippen LogP contribution in [0, 0.1) is 5.92 Å². The SMILES string of the molecule is O=CC[C@@H](CCCN1CCOCC1)C(=O)O. The number of carbonyl (C=O) groups excluding carboxylic acids is 1. The Morgan fingerprint density at radius 2 is 2.12 bits per heavy atom. The molecule has 0 amide bonds. The van der Waals surface area contributed by atoms with Gasteiger partial charge in [0.25, 0.3) is 0 Å². The second-order valence-electron chi connectivity index (χ2n) is 4.03. The van der Waals surface area contributed by atoms with Gasteiger partial charge < -0.3 is 14.6 Å². The average Bonchev–Trinajstić information content (AvgIpc) is 2.29. The minimum atomic E-state index is -0.867. The number of nitrogens with zero attached hydrogens (tertiary/aromatic N) is 1. The Balaban J connectivity index is 2.16. The second-order valence-corrected chi connectivity index (χ2v) is 4.03. The third-order valence-corrected chi connectivity index (χ3v) is 2.86. The van der Waals surface area contributed by atoms with Gasteiger partial charge in [0.2, 0.25) is 0 Å². The first kappa shape index (κ1) is 13.1. The Morgan fingerprint density at radius 3 is 2.69 bits per heavy atom. The molecule has 0 unspecified atom stereocenters. The van der Waals surface area contributed by atoms with Crippen LogP contribution in [-0.2, 0) is 14.3 Å². The summed E-state index contributed by atoms with van der Waals surface area (Å²) in [5.41, 5.74) is 0. The van der Waals surface area contributed by atoms with Crippen molar-refractivity contribution < 1.29 is 19.4 Å². The van der Waals surface area contributed by atoms with Crippen molar-refractivity contribution in [2.75, 3.05) is 32.8 Å². The van der Waals surface area contributed by atoms with E-state index in [0.29, 0.717) is 12.7 Å². The maximum atomic E-state index is 10.8. The van der Waals surface area contributed by atoms with E-state index >= 15 is 0 Å². The molecule has 1 rings (SSSR count). The predicted octanol–water partition coefficient (Wildman–Crippen LogP) is 0.389. The lowest BCUT2D eigenvalue weighted by molar-refractivity contribution is -0.143. The zero-order valence-corrected chi connectivity index (χ0v) is 9.43. The van der Waals surface area contributed by atoms with Crippen molar-refractivity contribution in [1.82, 2.24) is 4.90 Å². The van der Waals surface area contributed by atoms with Crippen LogP contribution >= 0.6 is 0 Å². The number of carbonyl (C=O) groups is 2. The minimum Gasteiger partial charge on any atom is -0.481 e. The van der Waals surface area contributed by atoms with Crippen LogP contribution in [0.5, 0.6) is 0 Å². The van der Waals surface area contributed by atoms with E-state index in [1.54, 1.807) is 0 Å². The summed E-state index contributed by atoms with van der Waals surface area (Å²) in [5, 5.41) is 8.85. The van der Waals surface area contributed by atoms with E-state index in [2.05, 4.69) is 4.90 Å².